The molecular weight excluding hydrogens is 476 g/mol. The number of carbonyl (C=O) groups excluding carboxylic acids is 2. The topological polar surface area (TPSA) is 79.3 Å². The van der Waals surface area contributed by atoms with Crippen molar-refractivity contribution in [2.24, 2.45) is 5.92 Å². The van der Waals surface area contributed by atoms with Crippen molar-refractivity contribution in [1.82, 2.24) is 4.90 Å². The summed E-state index contributed by atoms with van der Waals surface area (Å²) in [5.41, 5.74) is 1.11. The van der Waals surface area contributed by atoms with Gasteiger partial charge in [0.15, 0.2) is 5.78 Å². The van der Waals surface area contributed by atoms with Gasteiger partial charge in [0.1, 0.15) is 5.57 Å². The average Bonchev–Trinajstić information content (AvgIpc) is 3.09. The van der Waals surface area contributed by atoms with E-state index in [1.54, 1.807) is 0 Å². The van der Waals surface area contributed by atoms with Gasteiger partial charge in [0.25, 0.3) is 11.7 Å². The largest absolute Gasteiger partial charge is 0.480 e. The summed E-state index contributed by atoms with van der Waals surface area (Å²) >= 11 is 3.35. The second-order valence-electron chi connectivity index (χ2n) is 8.89. The van der Waals surface area contributed by atoms with E-state index >= 15 is 0 Å². The molecule has 5 rings (SSSR count). The van der Waals surface area contributed by atoms with Gasteiger partial charge in [0.2, 0.25) is 0 Å². The Morgan fingerprint density at radius 3 is 2.31 bits per heavy atom. The second kappa shape index (κ2) is 8.56. The molecule has 1 aromatic carbocycles. The van der Waals surface area contributed by atoms with Crippen molar-refractivity contribution in [2.45, 2.75) is 43.9 Å². The number of piperazine rings is 1. The van der Waals surface area contributed by atoms with E-state index < -0.39 is 23.6 Å². The Bertz CT molecular complexity index is 962. The molecule has 1 saturated carbocycles. The third-order valence-corrected chi connectivity index (χ3v) is 7.63. The highest BCUT2D eigenvalue weighted by molar-refractivity contribution is 9.12. The van der Waals surface area contributed by atoms with E-state index in [9.17, 15) is 14.7 Å². The number of benzene rings is 1. The summed E-state index contributed by atoms with van der Waals surface area (Å²) in [5, 5.41) is 10.8. The molecule has 4 aliphatic rings. The van der Waals surface area contributed by atoms with Gasteiger partial charge < -0.3 is 19.5 Å². The van der Waals surface area contributed by atoms with E-state index in [4.69, 9.17) is 9.47 Å². The molecule has 1 spiro atoms. The molecule has 7 nitrogen and oxygen atoms in total. The van der Waals surface area contributed by atoms with Crippen LogP contribution in [-0.2, 0) is 19.1 Å². The number of nitrogens with zero attached hydrogens (tertiary/aromatic N) is 2. The Labute approximate surface area is 195 Å². The number of aliphatic hydroxyl groups is 1. The molecule has 170 valence electrons. The Hall–Kier alpha value is -2.32. The molecule has 2 fully saturated rings. The Balaban J connectivity index is 1.36. The number of para-hydroxylation sites is 1. The van der Waals surface area contributed by atoms with Gasteiger partial charge in [-0.15, -0.1) is 0 Å². The molecule has 0 radical (unpaired) electrons. The zero-order valence-electron chi connectivity index (χ0n) is 17.8. The number of rotatable bonds is 3. The molecule has 8 heteroatoms. The Kier molecular flexibility index (Phi) is 5.75. The smallest absolute Gasteiger partial charge is 0.345 e. The molecule has 2 atom stereocenters. The predicted octanol–water partition coefficient (Wildman–Crippen LogP) is 3.66. The highest BCUT2D eigenvalue weighted by Gasteiger charge is 2.52. The number of hydrogen-bond acceptors (Lipinski definition) is 7. The third kappa shape index (κ3) is 3.83. The van der Waals surface area contributed by atoms with Gasteiger partial charge in [-0.05, 0) is 47.0 Å². The van der Waals surface area contributed by atoms with Crippen molar-refractivity contribution in [2.75, 3.05) is 31.1 Å². The van der Waals surface area contributed by atoms with E-state index in [0.717, 1.165) is 45.4 Å². The van der Waals surface area contributed by atoms with Crippen molar-refractivity contribution in [1.29, 1.82) is 0 Å². The number of Topliss-reactive ketones (excluding diaryl/α,β-unsaturated/α-hetero) is 1. The quantitative estimate of drug-likeness (QED) is 0.631. The van der Waals surface area contributed by atoms with E-state index in [2.05, 4.69) is 37.9 Å². The van der Waals surface area contributed by atoms with Crippen molar-refractivity contribution in [3.8, 4) is 0 Å². The Morgan fingerprint density at radius 1 is 0.969 bits per heavy atom. The molecule has 32 heavy (non-hydrogen) atoms. The van der Waals surface area contributed by atoms with Crippen LogP contribution in [0.15, 0.2) is 52.4 Å². The first kappa shape index (κ1) is 21.5. The summed E-state index contributed by atoms with van der Waals surface area (Å²) in [6, 6.07) is 9.89. The molecule has 0 aromatic heterocycles. The van der Waals surface area contributed by atoms with Gasteiger partial charge in [0, 0.05) is 50.7 Å². The first-order chi connectivity index (χ1) is 15.5. The average molecular weight is 503 g/mol. The normalized spacial score (nSPS) is 28.5. The van der Waals surface area contributed by atoms with E-state index in [0.29, 0.717) is 17.3 Å². The number of halogens is 1. The first-order valence-corrected chi connectivity index (χ1v) is 12.1. The fraction of sp³-hybridized carbons (Fsp3) is 0.500. The molecule has 2 aliphatic heterocycles. The second-order valence-corrected chi connectivity index (χ2v) is 9.74. The maximum Gasteiger partial charge on any atom is 0.345 e. The number of hydrogen-bond donors (Lipinski definition) is 1. The van der Waals surface area contributed by atoms with Crippen LogP contribution in [-0.4, -0.2) is 59.8 Å². The molecule has 1 saturated heterocycles. The first-order valence-electron chi connectivity index (χ1n) is 11.3. The van der Waals surface area contributed by atoms with Gasteiger partial charge in [-0.3, -0.25) is 9.69 Å². The van der Waals surface area contributed by atoms with Crippen molar-refractivity contribution >= 4 is 33.4 Å². The number of esters is 1. The van der Waals surface area contributed by atoms with Gasteiger partial charge >= 0.3 is 5.97 Å². The summed E-state index contributed by atoms with van der Waals surface area (Å²) in [6.07, 6.45) is 5.75. The molecule has 0 bridgehead atoms. The number of ether oxygens (including phenoxy) is 2. The van der Waals surface area contributed by atoms with Gasteiger partial charge in [0.05, 0.1) is 10.4 Å². The van der Waals surface area contributed by atoms with Crippen LogP contribution in [0.4, 0.5) is 5.69 Å². The molecular formula is C24H27BrN2O5. The fourth-order valence-electron chi connectivity index (χ4n) is 5.28. The molecule has 2 heterocycles. The summed E-state index contributed by atoms with van der Waals surface area (Å²) in [4.78, 5) is 30.6. The fourth-order valence-corrected chi connectivity index (χ4v) is 5.80. The van der Waals surface area contributed by atoms with Gasteiger partial charge in [-0.25, -0.2) is 4.79 Å². The standard InChI is InChI=1S/C24H27BrN2O5/c25-17-15-18(27-13-11-26(12-14-27)16-7-3-1-4-8-16)19(21(17)28)20-22(29)31-24(32-23(20)30)9-5-2-6-10-24/h1,3-4,7-8,15,18-19,29H,2,5-6,9-14H2/t18-,19-/m1/s1. The number of anilines is 1. The van der Waals surface area contributed by atoms with Crippen molar-refractivity contribution in [3.63, 3.8) is 0 Å². The van der Waals surface area contributed by atoms with Crippen LogP contribution in [0.25, 0.3) is 0 Å². The Morgan fingerprint density at radius 2 is 1.66 bits per heavy atom. The summed E-state index contributed by atoms with van der Waals surface area (Å²) in [7, 11) is 0. The number of aliphatic hydroxyl groups excluding tert-OH is 1. The molecule has 0 unspecified atom stereocenters. The maximum absolute atomic E-state index is 13.0. The van der Waals surface area contributed by atoms with Crippen molar-refractivity contribution in [3.05, 3.63) is 52.4 Å². The van der Waals surface area contributed by atoms with Crippen LogP contribution < -0.4 is 4.90 Å². The number of ketones is 1. The third-order valence-electron chi connectivity index (χ3n) is 6.97. The van der Waals surface area contributed by atoms with E-state index in [1.807, 2.05) is 24.3 Å². The maximum atomic E-state index is 13.0. The molecule has 2 aliphatic carbocycles. The molecule has 1 N–H and O–H groups in total. The van der Waals surface area contributed by atoms with Crippen LogP contribution in [0.3, 0.4) is 0 Å². The van der Waals surface area contributed by atoms with E-state index in [-0.39, 0.29) is 17.4 Å². The lowest BCUT2D eigenvalue weighted by atomic mass is 9.89. The SMILES string of the molecule is O=C1OC2(CCCCC2)OC(O)=C1[C@@H]1C(=O)C(Br)=C[C@H]1N1CCN(c2ccccc2)CC1. The lowest BCUT2D eigenvalue weighted by Crippen LogP contribution is -2.53. The van der Waals surface area contributed by atoms with Crippen molar-refractivity contribution < 1.29 is 24.2 Å². The van der Waals surface area contributed by atoms with Gasteiger partial charge in [-0.2, -0.15) is 0 Å². The minimum Gasteiger partial charge on any atom is -0.480 e. The van der Waals surface area contributed by atoms with Crippen LogP contribution in [0, 0.1) is 5.92 Å². The summed E-state index contributed by atoms with van der Waals surface area (Å²) < 4.78 is 11.9. The zero-order chi connectivity index (χ0) is 22.3. The number of carbonyl (C=O) groups is 2. The minimum absolute atomic E-state index is 0.0626. The van der Waals surface area contributed by atoms with E-state index in [1.165, 1.54) is 5.69 Å². The molecule has 1 aromatic rings. The summed E-state index contributed by atoms with van der Waals surface area (Å²) in [5.74, 6) is -3.27. The minimum atomic E-state index is -1.09. The van der Waals surface area contributed by atoms with Crippen LogP contribution in [0.2, 0.25) is 0 Å². The van der Waals surface area contributed by atoms with Crippen LogP contribution in [0.5, 0.6) is 0 Å². The zero-order valence-corrected chi connectivity index (χ0v) is 19.4. The lowest BCUT2D eigenvalue weighted by Gasteiger charge is -2.42. The highest BCUT2D eigenvalue weighted by atomic mass is 79.9. The van der Waals surface area contributed by atoms with Gasteiger partial charge in [-0.1, -0.05) is 24.6 Å². The van der Waals surface area contributed by atoms with Crippen LogP contribution >= 0.6 is 15.9 Å². The predicted molar refractivity (Wildman–Crippen MR) is 122 cm³/mol. The number of allylic oxidation sites excluding steroid dienone is 1. The summed E-state index contributed by atoms with van der Waals surface area (Å²) in [6.45, 7) is 3.08. The molecule has 0 amide bonds. The monoisotopic (exact) mass is 502 g/mol. The lowest BCUT2D eigenvalue weighted by molar-refractivity contribution is -0.251. The highest BCUT2D eigenvalue weighted by Crippen LogP contribution is 2.43. The van der Waals surface area contributed by atoms with Crippen LogP contribution in [0.1, 0.15) is 32.1 Å².